The van der Waals surface area contributed by atoms with Crippen LogP contribution in [-0.2, 0) is 47.7 Å². The highest BCUT2D eigenvalue weighted by molar-refractivity contribution is 5.84. The lowest BCUT2D eigenvalue weighted by molar-refractivity contribution is -0.206. The van der Waals surface area contributed by atoms with Gasteiger partial charge in [-0.3, -0.25) is 24.0 Å². The lowest BCUT2D eigenvalue weighted by Crippen LogP contribution is -2.66. The Kier molecular flexibility index (Phi) is 12.8. The van der Waals surface area contributed by atoms with Crippen molar-refractivity contribution in [3.05, 3.63) is 11.6 Å². The van der Waals surface area contributed by atoms with Crippen LogP contribution in [0.25, 0.3) is 0 Å². The van der Waals surface area contributed by atoms with Crippen LogP contribution in [0.4, 0.5) is 0 Å². The molecule has 5 unspecified atom stereocenters. The summed E-state index contributed by atoms with van der Waals surface area (Å²) in [5.41, 5.74) is 0.333. The highest BCUT2D eigenvalue weighted by atomic mass is 16.6. The van der Waals surface area contributed by atoms with Gasteiger partial charge in [0.25, 0.3) is 0 Å². The van der Waals surface area contributed by atoms with Crippen molar-refractivity contribution in [2.45, 2.75) is 178 Å². The predicted octanol–water partition coefficient (Wildman–Crippen LogP) is 6.99. The molecule has 4 fully saturated rings. The lowest BCUT2D eigenvalue weighted by atomic mass is 9.33. The minimum absolute atomic E-state index is 0.00217. The molecule has 0 radical (unpaired) electrons. The van der Waals surface area contributed by atoms with Crippen LogP contribution in [-0.4, -0.2) is 78.7 Å². The molecule has 0 aromatic carbocycles. The summed E-state index contributed by atoms with van der Waals surface area (Å²) in [6.45, 7) is 22.3. The summed E-state index contributed by atoms with van der Waals surface area (Å²) in [6, 6.07) is 0. The number of hydrogen-bond donors (Lipinski definition) is 2. The first-order valence-corrected chi connectivity index (χ1v) is 21.3. The lowest BCUT2D eigenvalue weighted by Gasteiger charge is -2.71. The van der Waals surface area contributed by atoms with Crippen LogP contribution in [0, 0.1) is 50.2 Å². The Labute approximate surface area is 340 Å². The summed E-state index contributed by atoms with van der Waals surface area (Å²) in [7, 11) is 0. The maximum atomic E-state index is 15.3. The van der Waals surface area contributed by atoms with Gasteiger partial charge >= 0.3 is 23.9 Å². The number of hydrogen-bond acceptors (Lipinski definition) is 11. The van der Waals surface area contributed by atoms with Crippen molar-refractivity contribution in [3.8, 4) is 0 Å². The van der Waals surface area contributed by atoms with E-state index in [4.69, 9.17) is 23.7 Å². The van der Waals surface area contributed by atoms with E-state index in [-0.39, 0.29) is 51.6 Å². The zero-order chi connectivity index (χ0) is 42.5. The molecule has 1 amide bonds. The molecular formula is C45H71NO11. The van der Waals surface area contributed by atoms with Gasteiger partial charge in [0, 0.05) is 27.7 Å². The molecule has 2 N–H and O–H groups in total. The van der Waals surface area contributed by atoms with Gasteiger partial charge in [-0.1, -0.05) is 60.1 Å². The summed E-state index contributed by atoms with van der Waals surface area (Å²) in [6.07, 6.45) is 6.24. The summed E-state index contributed by atoms with van der Waals surface area (Å²) < 4.78 is 28.1. The average molecular weight is 802 g/mol. The molecule has 322 valence electrons. The molecule has 0 spiro atoms. The molecule has 5 aliphatic rings. The van der Waals surface area contributed by atoms with Crippen LogP contribution in [0.5, 0.6) is 0 Å². The third kappa shape index (κ3) is 8.42. The Bertz CT molecular complexity index is 1600. The fourth-order valence-corrected chi connectivity index (χ4v) is 12.7. The van der Waals surface area contributed by atoms with E-state index < -0.39 is 60.4 Å². The predicted molar refractivity (Wildman–Crippen MR) is 212 cm³/mol. The Morgan fingerprint density at radius 3 is 1.95 bits per heavy atom. The molecule has 5 rings (SSSR count). The highest BCUT2D eigenvalue weighted by Gasteiger charge is 2.69. The fourth-order valence-electron chi connectivity index (χ4n) is 12.7. The molecule has 0 aromatic rings. The van der Waals surface area contributed by atoms with Gasteiger partial charge in [-0.2, -0.15) is 0 Å². The first-order valence-electron chi connectivity index (χ1n) is 21.3. The van der Waals surface area contributed by atoms with E-state index in [1.165, 1.54) is 33.3 Å². The second kappa shape index (κ2) is 16.2. The van der Waals surface area contributed by atoms with E-state index in [2.05, 4.69) is 59.9 Å². The topological polar surface area (TPSA) is 164 Å². The average Bonchev–Trinajstić information content (AvgIpc) is 3.09. The smallest absolute Gasteiger partial charge is 0.303 e. The molecule has 5 aliphatic carbocycles. The van der Waals surface area contributed by atoms with Gasteiger partial charge in [-0.05, 0) is 116 Å². The maximum Gasteiger partial charge on any atom is 0.303 e. The number of aliphatic hydroxyl groups is 1. The molecule has 0 aliphatic heterocycles. The minimum atomic E-state index is -1.36. The zero-order valence-corrected chi connectivity index (χ0v) is 36.7. The van der Waals surface area contributed by atoms with Gasteiger partial charge < -0.3 is 34.1 Å². The first kappa shape index (κ1) is 45.1. The fraction of sp³-hybridized carbons (Fsp3) is 0.844. The van der Waals surface area contributed by atoms with E-state index in [0.29, 0.717) is 24.7 Å². The molecule has 0 bridgehead atoms. The number of esters is 4. The van der Waals surface area contributed by atoms with Crippen LogP contribution in [0.1, 0.15) is 147 Å². The summed E-state index contributed by atoms with van der Waals surface area (Å²) in [4.78, 5) is 63.7. The molecule has 4 saturated carbocycles. The monoisotopic (exact) mass is 802 g/mol. The maximum absolute atomic E-state index is 15.3. The molecule has 12 atom stereocenters. The first-order chi connectivity index (χ1) is 26.3. The second-order valence-electron chi connectivity index (χ2n) is 20.4. The normalized spacial score (nSPS) is 37.1. The summed E-state index contributed by atoms with van der Waals surface area (Å²) in [5.74, 6) is -1.91. The van der Waals surface area contributed by atoms with Crippen molar-refractivity contribution in [2.75, 3.05) is 13.2 Å². The van der Waals surface area contributed by atoms with Crippen molar-refractivity contribution in [1.82, 2.24) is 5.32 Å². The van der Waals surface area contributed by atoms with Crippen LogP contribution >= 0.6 is 0 Å². The van der Waals surface area contributed by atoms with Crippen molar-refractivity contribution in [3.63, 3.8) is 0 Å². The SMILES string of the molecule is CC(=O)OCC(OC(NC(=O)[C@]12CCC(C)(C)CC1C1=CCC3[C@@]4(C)CC[C@H](O)C(C)(C)C4CC[C@@]3(C)[C@]1(C)CC2)[C@H](COC(C)=O)OC(C)=O)[C@@H](C)OC(C)=O. The molecule has 0 heterocycles. The van der Waals surface area contributed by atoms with Crippen LogP contribution in [0.3, 0.4) is 0 Å². The van der Waals surface area contributed by atoms with E-state index >= 15 is 4.79 Å². The van der Waals surface area contributed by atoms with E-state index in [0.717, 1.165) is 51.4 Å². The Morgan fingerprint density at radius 1 is 0.754 bits per heavy atom. The van der Waals surface area contributed by atoms with Crippen LogP contribution < -0.4 is 5.32 Å². The van der Waals surface area contributed by atoms with Gasteiger partial charge in [0.05, 0.1) is 11.5 Å². The number of rotatable bonds is 12. The number of nitrogens with one attached hydrogen (secondary N) is 1. The van der Waals surface area contributed by atoms with Gasteiger partial charge in [-0.25, -0.2) is 0 Å². The Balaban J connectivity index is 1.54. The summed E-state index contributed by atoms with van der Waals surface area (Å²) >= 11 is 0. The number of carbonyl (C=O) groups is 5. The van der Waals surface area contributed by atoms with Crippen LogP contribution in [0.2, 0.25) is 0 Å². The molecule has 0 saturated heterocycles. The zero-order valence-electron chi connectivity index (χ0n) is 36.7. The molecule has 57 heavy (non-hydrogen) atoms. The van der Waals surface area contributed by atoms with Crippen molar-refractivity contribution < 1.29 is 52.8 Å². The second-order valence-corrected chi connectivity index (χ2v) is 20.4. The van der Waals surface area contributed by atoms with Gasteiger partial charge in [-0.15, -0.1) is 0 Å². The molecular weight excluding hydrogens is 730 g/mol. The van der Waals surface area contributed by atoms with Gasteiger partial charge in [0.15, 0.2) is 12.3 Å². The largest absolute Gasteiger partial charge is 0.463 e. The number of aliphatic hydroxyl groups excluding tert-OH is 1. The van der Waals surface area contributed by atoms with Gasteiger partial charge in [0.1, 0.15) is 25.4 Å². The Hall–Kier alpha value is -2.99. The number of carbonyl (C=O) groups excluding carboxylic acids is 5. The third-order valence-corrected chi connectivity index (χ3v) is 16.1. The van der Waals surface area contributed by atoms with Crippen molar-refractivity contribution >= 4 is 29.8 Å². The number of amides is 1. The van der Waals surface area contributed by atoms with E-state index in [9.17, 15) is 24.3 Å². The molecule has 12 heteroatoms. The standard InChI is InChI=1S/C45H71NO11/c1-26(55-29(4)49)33(24-53-27(2)47)57-38(34(56-30(5)50)25-54-28(3)48)46-39(52)45-21-19-40(6,7)23-32(45)31-13-14-36-42(10)17-16-37(51)41(8,9)35(42)15-18-44(36,12)43(31,11)20-22-45/h13,26,32-38,51H,14-25H2,1-12H3,(H,46,52)/t26-,32?,33?,34+,35?,36?,37+,38?,42+,43-,44-,45+/m1/s1. The quantitative estimate of drug-likeness (QED) is 0.0906. The van der Waals surface area contributed by atoms with Crippen molar-refractivity contribution in [2.24, 2.45) is 50.2 Å². The van der Waals surface area contributed by atoms with Gasteiger partial charge in [0.2, 0.25) is 5.91 Å². The number of ether oxygens (including phenoxy) is 5. The third-order valence-electron chi connectivity index (χ3n) is 16.1. The molecule has 0 aromatic heterocycles. The van der Waals surface area contributed by atoms with Crippen molar-refractivity contribution in [1.29, 1.82) is 0 Å². The highest BCUT2D eigenvalue weighted by Crippen LogP contribution is 2.75. The van der Waals surface area contributed by atoms with E-state index in [1.807, 2.05) is 0 Å². The van der Waals surface area contributed by atoms with E-state index in [1.54, 1.807) is 6.92 Å². The molecule has 12 nitrogen and oxygen atoms in total. The number of allylic oxidation sites excluding steroid dienone is 2. The minimum Gasteiger partial charge on any atom is -0.463 e. The summed E-state index contributed by atoms with van der Waals surface area (Å²) in [5, 5.41) is 14.3. The van der Waals surface area contributed by atoms with Crippen LogP contribution in [0.15, 0.2) is 11.6 Å². The number of fused-ring (bicyclic) bond motifs is 7. The Morgan fingerprint density at radius 2 is 1.35 bits per heavy atom.